The van der Waals surface area contributed by atoms with Gasteiger partial charge in [0.2, 0.25) is 0 Å². The number of fused-ring (bicyclic) bond motifs is 1. The first-order valence-electron chi connectivity index (χ1n) is 12.8. The zero-order valence-corrected chi connectivity index (χ0v) is 20.8. The molecule has 2 N–H and O–H groups in total. The van der Waals surface area contributed by atoms with Gasteiger partial charge in [-0.25, -0.2) is 14.6 Å². The summed E-state index contributed by atoms with van der Waals surface area (Å²) < 4.78 is 7.73. The maximum absolute atomic E-state index is 13.2. The zero-order valence-electron chi connectivity index (χ0n) is 20.8. The number of amides is 1. The monoisotopic (exact) mass is 505 g/mol. The van der Waals surface area contributed by atoms with Crippen molar-refractivity contribution in [2.45, 2.75) is 38.3 Å². The maximum Gasteiger partial charge on any atom is 0.264 e. The lowest BCUT2D eigenvalue weighted by Crippen LogP contribution is -2.39. The van der Waals surface area contributed by atoms with Gasteiger partial charge in [-0.3, -0.25) is 4.79 Å². The summed E-state index contributed by atoms with van der Waals surface area (Å²) in [6.07, 6.45) is 7.06. The van der Waals surface area contributed by atoms with Crippen molar-refractivity contribution in [3.05, 3.63) is 72.6 Å². The summed E-state index contributed by atoms with van der Waals surface area (Å²) in [5, 5.41) is 15.2. The van der Waals surface area contributed by atoms with Gasteiger partial charge in [-0.15, -0.1) is 0 Å². The van der Waals surface area contributed by atoms with Crippen molar-refractivity contribution in [2.24, 2.45) is 5.92 Å². The van der Waals surface area contributed by atoms with E-state index in [0.29, 0.717) is 47.3 Å². The molecular formula is C29H27N7O2. The van der Waals surface area contributed by atoms with E-state index in [2.05, 4.69) is 16.0 Å². The number of rotatable bonds is 7. The molecule has 9 nitrogen and oxygen atoms in total. The number of nitrogens with zero attached hydrogens (tertiary/aromatic N) is 6. The first kappa shape index (κ1) is 23.7. The van der Waals surface area contributed by atoms with Crippen LogP contribution in [-0.4, -0.2) is 43.1 Å². The molecule has 9 heteroatoms. The van der Waals surface area contributed by atoms with Gasteiger partial charge >= 0.3 is 0 Å². The summed E-state index contributed by atoms with van der Waals surface area (Å²) in [4.78, 5) is 23.7. The van der Waals surface area contributed by atoms with E-state index < -0.39 is 0 Å². The minimum Gasteiger partial charge on any atom is -0.457 e. The van der Waals surface area contributed by atoms with Gasteiger partial charge in [-0.1, -0.05) is 24.3 Å². The molecule has 1 saturated carbocycles. The van der Waals surface area contributed by atoms with E-state index in [1.807, 2.05) is 70.3 Å². The number of nitriles is 1. The quantitative estimate of drug-likeness (QED) is 0.285. The fourth-order valence-corrected chi connectivity index (χ4v) is 4.97. The summed E-state index contributed by atoms with van der Waals surface area (Å²) in [5.74, 6) is 1.98. The fourth-order valence-electron chi connectivity index (χ4n) is 4.97. The molecule has 190 valence electrons. The van der Waals surface area contributed by atoms with Crippen LogP contribution in [0.5, 0.6) is 11.5 Å². The summed E-state index contributed by atoms with van der Waals surface area (Å²) in [6, 6.07) is 19.3. The third-order valence-electron chi connectivity index (χ3n) is 7.06. The van der Waals surface area contributed by atoms with Crippen LogP contribution in [0, 0.1) is 17.2 Å². The predicted octanol–water partition coefficient (Wildman–Crippen LogP) is 4.72. The molecule has 0 bridgehead atoms. The Bertz CT molecular complexity index is 1550. The van der Waals surface area contributed by atoms with Crippen LogP contribution in [0.3, 0.4) is 0 Å². The van der Waals surface area contributed by atoms with Crippen LogP contribution >= 0.6 is 0 Å². The topological polar surface area (TPSA) is 123 Å². The Kier molecular flexibility index (Phi) is 6.22. The Hall–Kier alpha value is -4.71. The Morgan fingerprint density at radius 1 is 1.08 bits per heavy atom. The molecule has 2 fully saturated rings. The number of allylic oxidation sites excluding steroid dienone is 1. The molecule has 2 aliphatic rings. The number of hydrogen-bond acceptors (Lipinski definition) is 7. The highest BCUT2D eigenvalue weighted by Gasteiger charge is 2.33. The number of aromatic nitrogens is 4. The number of likely N-dealkylation sites (tertiary alicyclic amines) is 1. The van der Waals surface area contributed by atoms with E-state index >= 15 is 0 Å². The van der Waals surface area contributed by atoms with E-state index in [1.54, 1.807) is 0 Å². The summed E-state index contributed by atoms with van der Waals surface area (Å²) >= 11 is 0. The van der Waals surface area contributed by atoms with Crippen molar-refractivity contribution in [3.63, 3.8) is 0 Å². The number of anilines is 1. The van der Waals surface area contributed by atoms with E-state index in [1.165, 1.54) is 6.33 Å². The molecule has 3 heterocycles. The van der Waals surface area contributed by atoms with Crippen molar-refractivity contribution < 1.29 is 9.53 Å². The van der Waals surface area contributed by atoms with Crippen LogP contribution in [0.1, 0.15) is 25.7 Å². The predicted molar refractivity (Wildman–Crippen MR) is 143 cm³/mol. The molecule has 1 atom stereocenters. The summed E-state index contributed by atoms with van der Waals surface area (Å²) in [7, 11) is 0. The second-order valence-electron chi connectivity index (χ2n) is 9.75. The number of nitrogen functional groups attached to an aromatic ring is 1. The highest BCUT2D eigenvalue weighted by atomic mass is 16.5. The molecule has 2 aromatic heterocycles. The van der Waals surface area contributed by atoms with Crippen molar-refractivity contribution in [2.75, 3.05) is 12.3 Å². The molecule has 0 spiro atoms. The number of carbonyl (C=O) groups excluding carboxylic acids is 1. The van der Waals surface area contributed by atoms with E-state index in [9.17, 15) is 10.1 Å². The summed E-state index contributed by atoms with van der Waals surface area (Å²) in [5.41, 5.74) is 8.69. The minimum atomic E-state index is -0.193. The third kappa shape index (κ3) is 4.68. The van der Waals surface area contributed by atoms with Crippen LogP contribution in [0.2, 0.25) is 0 Å². The average Bonchev–Trinajstić information content (AvgIpc) is 3.52. The van der Waals surface area contributed by atoms with Crippen LogP contribution in [0.4, 0.5) is 5.82 Å². The van der Waals surface area contributed by atoms with Crippen LogP contribution in [0.15, 0.2) is 72.6 Å². The van der Waals surface area contributed by atoms with Gasteiger partial charge in [0.25, 0.3) is 5.91 Å². The molecule has 0 radical (unpaired) electrons. The second kappa shape index (κ2) is 9.98. The highest BCUT2D eigenvalue weighted by molar-refractivity contribution is 5.99. The number of carbonyl (C=O) groups is 1. The van der Waals surface area contributed by atoms with Crippen molar-refractivity contribution in [1.82, 2.24) is 24.6 Å². The zero-order chi connectivity index (χ0) is 26.1. The molecule has 4 aromatic rings. The minimum absolute atomic E-state index is 0.0905. The molecule has 1 aliphatic heterocycles. The SMILES string of the molecule is N#C/C(=C\C1CC1)C(=O)N1CCCC1Cn1nc(-c2ccc(Oc3ccccc3)cc2)c2c(N)ncnc21. The number of ether oxygens (including phenoxy) is 1. The summed E-state index contributed by atoms with van der Waals surface area (Å²) in [6.45, 7) is 1.08. The van der Waals surface area contributed by atoms with Crippen LogP contribution in [0.25, 0.3) is 22.3 Å². The molecule has 1 aliphatic carbocycles. The maximum atomic E-state index is 13.2. The highest BCUT2D eigenvalue weighted by Crippen LogP contribution is 2.34. The van der Waals surface area contributed by atoms with Crippen LogP contribution in [-0.2, 0) is 11.3 Å². The van der Waals surface area contributed by atoms with Gasteiger partial charge < -0.3 is 15.4 Å². The van der Waals surface area contributed by atoms with Gasteiger partial charge in [0.1, 0.15) is 41.0 Å². The molecule has 6 rings (SSSR count). The number of benzene rings is 2. The van der Waals surface area contributed by atoms with Crippen molar-refractivity contribution >= 4 is 22.8 Å². The van der Waals surface area contributed by atoms with Crippen molar-refractivity contribution in [1.29, 1.82) is 5.26 Å². The lowest BCUT2D eigenvalue weighted by molar-refractivity contribution is -0.127. The van der Waals surface area contributed by atoms with Gasteiger partial charge in [0, 0.05) is 12.1 Å². The van der Waals surface area contributed by atoms with Crippen LogP contribution < -0.4 is 10.5 Å². The Morgan fingerprint density at radius 2 is 1.84 bits per heavy atom. The van der Waals surface area contributed by atoms with Gasteiger partial charge in [-0.05, 0) is 68.0 Å². The Morgan fingerprint density at radius 3 is 2.58 bits per heavy atom. The molecular weight excluding hydrogens is 478 g/mol. The first-order valence-corrected chi connectivity index (χ1v) is 12.8. The Balaban J connectivity index is 1.29. The lowest BCUT2D eigenvalue weighted by atomic mass is 10.1. The molecule has 1 unspecified atom stereocenters. The fraction of sp³-hybridized carbons (Fsp3) is 0.276. The van der Waals surface area contributed by atoms with Gasteiger partial charge in [-0.2, -0.15) is 10.4 Å². The molecule has 1 amide bonds. The third-order valence-corrected chi connectivity index (χ3v) is 7.06. The van der Waals surface area contributed by atoms with E-state index in [-0.39, 0.29) is 17.5 Å². The number of nitrogens with two attached hydrogens (primary N) is 1. The largest absolute Gasteiger partial charge is 0.457 e. The van der Waals surface area contributed by atoms with E-state index in [0.717, 1.165) is 37.0 Å². The first-order chi connectivity index (χ1) is 18.6. The molecule has 38 heavy (non-hydrogen) atoms. The number of para-hydroxylation sites is 1. The standard InChI is InChI=1S/C29H27N7O2/c30-16-21(15-19-8-9-19)29(37)35-14-4-5-22(35)17-36-28-25(27(31)32-18-33-28)26(34-36)20-10-12-24(13-11-20)38-23-6-2-1-3-7-23/h1-3,6-7,10-13,15,18-19,22H,4-5,8-9,14,17H2,(H2,31,32,33)/b21-15+. The average molecular weight is 506 g/mol. The Labute approximate surface area is 220 Å². The molecule has 1 saturated heterocycles. The molecule has 2 aromatic carbocycles. The lowest BCUT2D eigenvalue weighted by Gasteiger charge is -2.24. The normalized spacial score (nSPS) is 17.5. The van der Waals surface area contributed by atoms with Crippen molar-refractivity contribution in [3.8, 4) is 28.8 Å². The number of hydrogen-bond donors (Lipinski definition) is 1. The second-order valence-corrected chi connectivity index (χ2v) is 9.75. The van der Waals surface area contributed by atoms with Gasteiger partial charge in [0.05, 0.1) is 18.0 Å². The van der Waals surface area contributed by atoms with E-state index in [4.69, 9.17) is 15.6 Å². The smallest absolute Gasteiger partial charge is 0.264 e. The van der Waals surface area contributed by atoms with Gasteiger partial charge in [0.15, 0.2) is 5.65 Å².